The second kappa shape index (κ2) is 7.83. The standard InChI is InChI=1S/C22H23N2O2/c1-4-26-22(25)21-16-19(17-11-7-5-8-12-17)15-20(24(21)23(2)3)18-13-9-6-10-14-18/h5-16H,4H2,1-3H3/q+1. The summed E-state index contributed by atoms with van der Waals surface area (Å²) in [5.74, 6) is -0.337. The van der Waals surface area contributed by atoms with E-state index < -0.39 is 0 Å². The molecular formula is C22H23N2O2+. The number of hydrogen-bond donors (Lipinski definition) is 0. The predicted molar refractivity (Wildman–Crippen MR) is 104 cm³/mol. The molecule has 4 heteroatoms. The van der Waals surface area contributed by atoms with Gasteiger partial charge in [0.2, 0.25) is 5.69 Å². The molecule has 0 aliphatic heterocycles. The zero-order chi connectivity index (χ0) is 18.5. The first kappa shape index (κ1) is 17.7. The van der Waals surface area contributed by atoms with Crippen molar-refractivity contribution in [2.75, 3.05) is 25.7 Å². The molecule has 26 heavy (non-hydrogen) atoms. The average molecular weight is 347 g/mol. The van der Waals surface area contributed by atoms with Gasteiger partial charge in [-0.2, -0.15) is 5.01 Å². The fraction of sp³-hybridized carbons (Fsp3) is 0.182. The van der Waals surface area contributed by atoms with Crippen molar-refractivity contribution in [3.05, 3.63) is 78.5 Å². The lowest BCUT2D eigenvalue weighted by atomic mass is 10.0. The molecular weight excluding hydrogens is 324 g/mol. The lowest BCUT2D eigenvalue weighted by Crippen LogP contribution is -2.58. The molecule has 0 aliphatic rings. The summed E-state index contributed by atoms with van der Waals surface area (Å²) in [5, 5.41) is 1.89. The van der Waals surface area contributed by atoms with Crippen LogP contribution in [0.2, 0.25) is 0 Å². The van der Waals surface area contributed by atoms with Crippen LogP contribution in [0.3, 0.4) is 0 Å². The molecule has 1 aromatic heterocycles. The third-order valence-corrected chi connectivity index (χ3v) is 4.10. The van der Waals surface area contributed by atoms with E-state index >= 15 is 0 Å². The van der Waals surface area contributed by atoms with Crippen molar-refractivity contribution >= 4 is 5.97 Å². The fourth-order valence-electron chi connectivity index (χ4n) is 2.98. The fourth-order valence-corrected chi connectivity index (χ4v) is 2.98. The molecule has 0 bridgehead atoms. The smallest absolute Gasteiger partial charge is 0.406 e. The van der Waals surface area contributed by atoms with Gasteiger partial charge >= 0.3 is 11.7 Å². The first-order valence-electron chi connectivity index (χ1n) is 8.67. The van der Waals surface area contributed by atoms with E-state index in [1.54, 1.807) is 0 Å². The number of benzene rings is 2. The van der Waals surface area contributed by atoms with Gasteiger partial charge in [0.15, 0.2) is 0 Å². The van der Waals surface area contributed by atoms with Crippen molar-refractivity contribution in [1.82, 2.24) is 0 Å². The highest BCUT2D eigenvalue weighted by atomic mass is 16.5. The summed E-state index contributed by atoms with van der Waals surface area (Å²) < 4.78 is 7.20. The number of carbonyl (C=O) groups excluding carboxylic acids is 1. The molecule has 0 amide bonds. The van der Waals surface area contributed by atoms with Gasteiger partial charge in [-0.25, -0.2) is 4.79 Å². The molecule has 0 radical (unpaired) electrons. The molecule has 0 saturated heterocycles. The van der Waals surface area contributed by atoms with Crippen LogP contribution in [-0.2, 0) is 4.74 Å². The lowest BCUT2D eigenvalue weighted by molar-refractivity contribution is -0.679. The Morgan fingerprint density at radius 3 is 2.00 bits per heavy atom. The van der Waals surface area contributed by atoms with Crippen LogP contribution in [0, 0.1) is 0 Å². The molecule has 3 rings (SSSR count). The maximum atomic E-state index is 12.7. The van der Waals surface area contributed by atoms with Gasteiger partial charge in [0.1, 0.15) is 0 Å². The number of aromatic nitrogens is 1. The van der Waals surface area contributed by atoms with Crippen molar-refractivity contribution in [2.24, 2.45) is 0 Å². The lowest BCUT2D eigenvalue weighted by Gasteiger charge is -2.15. The van der Waals surface area contributed by atoms with Crippen molar-refractivity contribution in [2.45, 2.75) is 6.92 Å². The number of pyridine rings is 1. The van der Waals surface area contributed by atoms with E-state index in [0.29, 0.717) is 12.3 Å². The van der Waals surface area contributed by atoms with E-state index in [-0.39, 0.29) is 5.97 Å². The predicted octanol–water partition coefficient (Wildman–Crippen LogP) is 3.68. The molecule has 0 unspecified atom stereocenters. The zero-order valence-electron chi connectivity index (χ0n) is 15.3. The Kier molecular flexibility index (Phi) is 5.32. The normalized spacial score (nSPS) is 10.4. The minimum atomic E-state index is -0.337. The summed E-state index contributed by atoms with van der Waals surface area (Å²) in [4.78, 5) is 12.7. The molecule has 2 aromatic carbocycles. The summed E-state index contributed by atoms with van der Waals surface area (Å²) in [6, 6.07) is 24.1. The number of hydrogen-bond acceptors (Lipinski definition) is 3. The van der Waals surface area contributed by atoms with Gasteiger partial charge in [0, 0.05) is 17.7 Å². The van der Waals surface area contributed by atoms with Crippen molar-refractivity contribution in [3.63, 3.8) is 0 Å². The highest BCUT2D eigenvalue weighted by molar-refractivity contribution is 5.88. The number of carbonyl (C=O) groups is 1. The Morgan fingerprint density at radius 2 is 1.46 bits per heavy atom. The molecule has 3 aromatic rings. The Morgan fingerprint density at radius 1 is 0.885 bits per heavy atom. The molecule has 132 valence electrons. The monoisotopic (exact) mass is 347 g/mol. The largest absolute Gasteiger partial charge is 0.458 e. The van der Waals surface area contributed by atoms with Gasteiger partial charge in [0.05, 0.1) is 20.7 Å². The summed E-state index contributed by atoms with van der Waals surface area (Å²) >= 11 is 0. The van der Waals surface area contributed by atoms with Gasteiger partial charge in [-0.1, -0.05) is 53.2 Å². The molecule has 0 N–H and O–H groups in total. The maximum Gasteiger partial charge on any atom is 0.406 e. The summed E-state index contributed by atoms with van der Waals surface area (Å²) in [6.45, 7) is 2.15. The quantitative estimate of drug-likeness (QED) is 0.521. The number of ether oxygens (including phenoxy) is 1. The van der Waals surface area contributed by atoms with Crippen LogP contribution in [0.25, 0.3) is 22.4 Å². The van der Waals surface area contributed by atoms with Crippen molar-refractivity contribution in [1.29, 1.82) is 0 Å². The van der Waals surface area contributed by atoms with Crippen LogP contribution in [0.1, 0.15) is 17.4 Å². The first-order valence-corrected chi connectivity index (χ1v) is 8.67. The summed E-state index contributed by atoms with van der Waals surface area (Å²) in [6.07, 6.45) is 0. The maximum absolute atomic E-state index is 12.7. The van der Waals surface area contributed by atoms with Gasteiger partial charge in [-0.15, -0.1) is 0 Å². The minimum absolute atomic E-state index is 0.336. The third kappa shape index (κ3) is 3.59. The second-order valence-electron chi connectivity index (χ2n) is 6.13. The third-order valence-electron chi connectivity index (χ3n) is 4.10. The molecule has 4 nitrogen and oxygen atoms in total. The van der Waals surface area contributed by atoms with Crippen LogP contribution in [-0.4, -0.2) is 26.7 Å². The Labute approximate surface area is 154 Å². The van der Waals surface area contributed by atoms with Crippen LogP contribution < -0.4 is 9.69 Å². The second-order valence-corrected chi connectivity index (χ2v) is 6.13. The van der Waals surface area contributed by atoms with E-state index in [1.165, 1.54) is 0 Å². The van der Waals surface area contributed by atoms with E-state index in [9.17, 15) is 4.79 Å². The van der Waals surface area contributed by atoms with Crippen LogP contribution in [0.15, 0.2) is 72.8 Å². The SMILES string of the molecule is CCOC(=O)c1cc(-c2ccccc2)cc(-c2ccccc2)[n+]1N(C)C. The molecule has 0 spiro atoms. The molecule has 0 fully saturated rings. The van der Waals surface area contributed by atoms with Gasteiger partial charge in [-0.05, 0) is 30.2 Å². The topological polar surface area (TPSA) is 33.4 Å². The van der Waals surface area contributed by atoms with Gasteiger partial charge in [0.25, 0.3) is 0 Å². The Balaban J connectivity index is 2.30. The van der Waals surface area contributed by atoms with Gasteiger partial charge in [-0.3, -0.25) is 0 Å². The molecule has 1 heterocycles. The van der Waals surface area contributed by atoms with Crippen LogP contribution in [0.5, 0.6) is 0 Å². The molecule has 0 saturated carbocycles. The van der Waals surface area contributed by atoms with Gasteiger partial charge < -0.3 is 4.74 Å². The highest BCUT2D eigenvalue weighted by Crippen LogP contribution is 2.25. The molecule has 0 atom stereocenters. The summed E-state index contributed by atoms with van der Waals surface area (Å²) in [5.41, 5.74) is 4.49. The van der Waals surface area contributed by atoms with E-state index in [4.69, 9.17) is 4.74 Å². The Bertz CT molecular complexity index is 891. The first-order chi connectivity index (χ1) is 12.6. The van der Waals surface area contributed by atoms with E-state index in [2.05, 4.69) is 6.07 Å². The van der Waals surface area contributed by atoms with Crippen LogP contribution >= 0.6 is 0 Å². The Hall–Kier alpha value is -3.14. The number of esters is 1. The zero-order valence-corrected chi connectivity index (χ0v) is 15.3. The minimum Gasteiger partial charge on any atom is -0.458 e. The van der Waals surface area contributed by atoms with Crippen molar-refractivity contribution in [3.8, 4) is 22.4 Å². The van der Waals surface area contributed by atoms with E-state index in [0.717, 1.165) is 22.4 Å². The number of rotatable bonds is 5. The highest BCUT2D eigenvalue weighted by Gasteiger charge is 2.29. The van der Waals surface area contributed by atoms with Crippen molar-refractivity contribution < 1.29 is 14.2 Å². The molecule has 0 aliphatic carbocycles. The van der Waals surface area contributed by atoms with E-state index in [1.807, 2.05) is 97.4 Å². The average Bonchev–Trinajstić information content (AvgIpc) is 2.68. The summed E-state index contributed by atoms with van der Waals surface area (Å²) in [7, 11) is 3.83. The van der Waals surface area contributed by atoms with Crippen LogP contribution in [0.4, 0.5) is 0 Å². The number of nitrogens with zero attached hydrogens (tertiary/aromatic N) is 2.